The van der Waals surface area contributed by atoms with E-state index in [2.05, 4.69) is 20.2 Å². The highest BCUT2D eigenvalue weighted by atomic mass is 16.2. The van der Waals surface area contributed by atoms with Crippen LogP contribution in [0.1, 0.15) is 61.4 Å². The average molecular weight is 422 g/mol. The molecular formula is C21H26N8O2. The number of amides is 1. The molecule has 2 aliphatic rings. The number of nitrogens with zero attached hydrogens (tertiary/aromatic N) is 8. The van der Waals surface area contributed by atoms with Gasteiger partial charge in [0.25, 0.3) is 11.5 Å². The third-order valence-electron chi connectivity index (χ3n) is 6.33. The summed E-state index contributed by atoms with van der Waals surface area (Å²) in [4.78, 5) is 28.7. The molecule has 0 unspecified atom stereocenters. The molecule has 0 aromatic carbocycles. The SMILES string of the molecule is CC(C)n1nc(C(=O)N(C)C2CN(c3ccc4nnc(C5CCC5)n4n3)C2)ccc1=O. The number of aromatic nitrogens is 6. The van der Waals surface area contributed by atoms with E-state index in [0.717, 1.165) is 30.1 Å². The molecule has 0 bridgehead atoms. The topological polar surface area (TPSA) is 102 Å². The van der Waals surface area contributed by atoms with E-state index in [4.69, 9.17) is 5.10 Å². The summed E-state index contributed by atoms with van der Waals surface area (Å²) in [6.07, 6.45) is 3.52. The highest BCUT2D eigenvalue weighted by Crippen LogP contribution is 2.35. The van der Waals surface area contributed by atoms with E-state index in [9.17, 15) is 9.59 Å². The number of hydrogen-bond acceptors (Lipinski definition) is 7. The Morgan fingerprint density at radius 3 is 2.55 bits per heavy atom. The first-order valence-corrected chi connectivity index (χ1v) is 10.8. The fourth-order valence-corrected chi connectivity index (χ4v) is 4.03. The fraction of sp³-hybridized carbons (Fsp3) is 0.524. The maximum Gasteiger partial charge on any atom is 0.274 e. The number of likely N-dealkylation sites (N-methyl/N-ethyl adjacent to an activating group) is 1. The first-order valence-electron chi connectivity index (χ1n) is 10.8. The number of carbonyl (C=O) groups is 1. The highest BCUT2D eigenvalue weighted by molar-refractivity contribution is 5.92. The van der Waals surface area contributed by atoms with Crippen molar-refractivity contribution in [2.24, 2.45) is 0 Å². The number of rotatable bonds is 5. The molecule has 10 nitrogen and oxygen atoms in total. The van der Waals surface area contributed by atoms with Gasteiger partial charge in [-0.05, 0) is 44.9 Å². The minimum absolute atomic E-state index is 0.0539. The largest absolute Gasteiger partial charge is 0.351 e. The monoisotopic (exact) mass is 422 g/mol. The molecule has 1 amide bonds. The number of carbonyl (C=O) groups excluding carboxylic acids is 1. The first kappa shape index (κ1) is 19.7. The molecule has 1 aliphatic carbocycles. The lowest BCUT2D eigenvalue weighted by Crippen LogP contribution is -2.60. The molecule has 31 heavy (non-hydrogen) atoms. The zero-order valence-electron chi connectivity index (χ0n) is 18.0. The van der Waals surface area contributed by atoms with Crippen molar-refractivity contribution in [3.8, 4) is 0 Å². The Kier molecular flexibility index (Phi) is 4.71. The summed E-state index contributed by atoms with van der Waals surface area (Å²) in [6.45, 7) is 5.11. The Morgan fingerprint density at radius 1 is 1.10 bits per heavy atom. The van der Waals surface area contributed by atoms with E-state index in [1.807, 2.05) is 30.5 Å². The average Bonchev–Trinajstić information content (AvgIpc) is 3.08. The van der Waals surface area contributed by atoms with Gasteiger partial charge in [-0.1, -0.05) is 6.42 Å². The van der Waals surface area contributed by atoms with Gasteiger partial charge in [0.15, 0.2) is 11.5 Å². The zero-order chi connectivity index (χ0) is 21.7. The van der Waals surface area contributed by atoms with E-state index >= 15 is 0 Å². The molecule has 3 aromatic heterocycles. The van der Waals surface area contributed by atoms with Gasteiger partial charge in [0.2, 0.25) is 0 Å². The van der Waals surface area contributed by atoms with Crippen molar-refractivity contribution < 1.29 is 4.79 Å². The maximum absolute atomic E-state index is 12.9. The van der Waals surface area contributed by atoms with E-state index in [1.165, 1.54) is 23.2 Å². The van der Waals surface area contributed by atoms with Crippen LogP contribution in [0, 0.1) is 0 Å². The van der Waals surface area contributed by atoms with E-state index in [0.29, 0.717) is 19.0 Å². The van der Waals surface area contributed by atoms with Crippen molar-refractivity contribution >= 4 is 17.4 Å². The molecule has 3 aromatic rings. The van der Waals surface area contributed by atoms with E-state index < -0.39 is 0 Å². The molecule has 2 fully saturated rings. The Balaban J connectivity index is 1.28. The third-order valence-corrected chi connectivity index (χ3v) is 6.33. The van der Waals surface area contributed by atoms with Gasteiger partial charge >= 0.3 is 0 Å². The summed E-state index contributed by atoms with van der Waals surface area (Å²) >= 11 is 0. The van der Waals surface area contributed by atoms with Crippen LogP contribution in [0.25, 0.3) is 5.65 Å². The first-order chi connectivity index (χ1) is 14.9. The Hall–Kier alpha value is -3.30. The van der Waals surface area contributed by atoms with Crippen LogP contribution < -0.4 is 10.5 Å². The Bertz CT molecular complexity index is 1190. The van der Waals surface area contributed by atoms with Crippen molar-refractivity contribution in [1.82, 2.24) is 34.5 Å². The van der Waals surface area contributed by atoms with Gasteiger partial charge in [-0.3, -0.25) is 9.59 Å². The van der Waals surface area contributed by atoms with Crippen molar-refractivity contribution in [2.45, 2.75) is 51.1 Å². The van der Waals surface area contributed by atoms with E-state index in [-0.39, 0.29) is 29.2 Å². The second-order valence-corrected chi connectivity index (χ2v) is 8.72. The Morgan fingerprint density at radius 2 is 1.87 bits per heavy atom. The van der Waals surface area contributed by atoms with Gasteiger partial charge in [-0.15, -0.1) is 15.3 Å². The molecule has 0 atom stereocenters. The van der Waals surface area contributed by atoms with Crippen molar-refractivity contribution in [1.29, 1.82) is 0 Å². The van der Waals surface area contributed by atoms with Crippen LogP contribution in [-0.4, -0.2) is 66.6 Å². The highest BCUT2D eigenvalue weighted by Gasteiger charge is 2.35. The molecule has 0 N–H and O–H groups in total. The molecular weight excluding hydrogens is 396 g/mol. The second kappa shape index (κ2) is 7.44. The van der Waals surface area contributed by atoms with Gasteiger partial charge in [0.1, 0.15) is 11.5 Å². The molecule has 162 valence electrons. The van der Waals surface area contributed by atoms with Crippen LogP contribution in [0.4, 0.5) is 5.82 Å². The van der Waals surface area contributed by atoms with Crippen LogP contribution >= 0.6 is 0 Å². The van der Waals surface area contributed by atoms with Crippen LogP contribution in [0.15, 0.2) is 29.1 Å². The predicted octanol–water partition coefficient (Wildman–Crippen LogP) is 1.49. The van der Waals surface area contributed by atoms with Gasteiger partial charge in [-0.25, -0.2) is 4.68 Å². The molecule has 0 spiro atoms. The normalized spacial score (nSPS) is 17.1. The molecule has 1 saturated heterocycles. The van der Waals surface area contributed by atoms with Gasteiger partial charge in [-0.2, -0.15) is 9.61 Å². The second-order valence-electron chi connectivity index (χ2n) is 8.72. The zero-order valence-corrected chi connectivity index (χ0v) is 18.0. The lowest BCUT2D eigenvalue weighted by atomic mass is 9.85. The van der Waals surface area contributed by atoms with Crippen LogP contribution in [0.5, 0.6) is 0 Å². The molecule has 1 aliphatic heterocycles. The Labute approximate surface area is 179 Å². The minimum Gasteiger partial charge on any atom is -0.351 e. The van der Waals surface area contributed by atoms with Crippen molar-refractivity contribution in [3.05, 3.63) is 46.1 Å². The van der Waals surface area contributed by atoms with Crippen LogP contribution in [-0.2, 0) is 0 Å². The van der Waals surface area contributed by atoms with Crippen LogP contribution in [0.2, 0.25) is 0 Å². The van der Waals surface area contributed by atoms with E-state index in [1.54, 1.807) is 11.9 Å². The summed E-state index contributed by atoms with van der Waals surface area (Å²) in [7, 11) is 1.78. The van der Waals surface area contributed by atoms with Gasteiger partial charge < -0.3 is 9.80 Å². The molecule has 5 rings (SSSR count). The van der Waals surface area contributed by atoms with Gasteiger partial charge in [0, 0.05) is 32.1 Å². The molecule has 1 saturated carbocycles. The maximum atomic E-state index is 12.9. The van der Waals surface area contributed by atoms with Crippen molar-refractivity contribution in [2.75, 3.05) is 25.0 Å². The third kappa shape index (κ3) is 3.35. The summed E-state index contributed by atoms with van der Waals surface area (Å²) in [5.41, 5.74) is 0.838. The standard InChI is InChI=1S/C21H26N8O2/c1-13(2)28-19(30)10-7-16(24-28)21(31)26(3)15-11-27(12-15)18-9-8-17-22-23-20(29(17)25-18)14-5-4-6-14/h7-10,13-15H,4-6,11-12H2,1-3H3. The molecule has 0 radical (unpaired) electrons. The summed E-state index contributed by atoms with van der Waals surface area (Å²) in [6, 6.07) is 6.75. The van der Waals surface area contributed by atoms with Crippen molar-refractivity contribution in [3.63, 3.8) is 0 Å². The fourth-order valence-electron chi connectivity index (χ4n) is 4.03. The summed E-state index contributed by atoms with van der Waals surface area (Å²) < 4.78 is 3.20. The smallest absolute Gasteiger partial charge is 0.274 e. The lowest BCUT2D eigenvalue weighted by molar-refractivity contribution is 0.0695. The summed E-state index contributed by atoms with van der Waals surface area (Å²) in [5.74, 6) is 2.07. The number of hydrogen-bond donors (Lipinski definition) is 0. The molecule has 10 heteroatoms. The van der Waals surface area contributed by atoms with Crippen LogP contribution in [0.3, 0.4) is 0 Å². The van der Waals surface area contributed by atoms with Gasteiger partial charge in [0.05, 0.1) is 12.1 Å². The number of anilines is 1. The lowest BCUT2D eigenvalue weighted by Gasteiger charge is -2.44. The predicted molar refractivity (Wildman–Crippen MR) is 114 cm³/mol. The quantitative estimate of drug-likeness (QED) is 0.614. The molecule has 4 heterocycles. The minimum atomic E-state index is -0.208. The summed E-state index contributed by atoms with van der Waals surface area (Å²) in [5, 5.41) is 17.6. The number of fused-ring (bicyclic) bond motifs is 1.